The van der Waals surface area contributed by atoms with Crippen molar-refractivity contribution in [1.29, 1.82) is 0 Å². The highest BCUT2D eigenvalue weighted by molar-refractivity contribution is 5.68. The molecule has 0 bridgehead atoms. The Bertz CT molecular complexity index is 246. The van der Waals surface area contributed by atoms with Gasteiger partial charge in [0.05, 0.1) is 0 Å². The summed E-state index contributed by atoms with van der Waals surface area (Å²) in [5.74, 6) is 0.404. The number of nitrogens with zero attached hydrogens (tertiary/aromatic N) is 1. The lowest BCUT2D eigenvalue weighted by atomic mass is 9.92. The second-order valence-corrected chi connectivity index (χ2v) is 5.69. The van der Waals surface area contributed by atoms with Gasteiger partial charge in [-0.15, -0.1) is 0 Å². The van der Waals surface area contributed by atoms with Gasteiger partial charge in [0.2, 0.25) is 0 Å². The van der Waals surface area contributed by atoms with E-state index in [4.69, 9.17) is 10.5 Å². The van der Waals surface area contributed by atoms with Gasteiger partial charge in [-0.05, 0) is 46.5 Å². The Hall–Kier alpha value is -0.770. The Morgan fingerprint density at radius 1 is 1.50 bits per heavy atom. The summed E-state index contributed by atoms with van der Waals surface area (Å²) >= 11 is 0. The normalized spacial score (nSPS) is 24.1. The van der Waals surface area contributed by atoms with Gasteiger partial charge in [0.25, 0.3) is 0 Å². The van der Waals surface area contributed by atoms with Crippen LogP contribution < -0.4 is 5.73 Å². The first-order chi connectivity index (χ1) is 7.29. The van der Waals surface area contributed by atoms with Crippen LogP contribution in [0.3, 0.4) is 0 Å². The van der Waals surface area contributed by atoms with Gasteiger partial charge in [0, 0.05) is 19.1 Å². The maximum Gasteiger partial charge on any atom is 0.410 e. The molecule has 94 valence electrons. The third-order valence-corrected chi connectivity index (χ3v) is 2.85. The number of amides is 1. The van der Waals surface area contributed by atoms with E-state index in [0.29, 0.717) is 5.92 Å². The minimum atomic E-state index is -0.418. The molecular weight excluding hydrogens is 204 g/mol. The molecule has 0 saturated carbocycles. The number of hydrogen-bond acceptors (Lipinski definition) is 3. The molecule has 1 heterocycles. The summed E-state index contributed by atoms with van der Waals surface area (Å²) in [6, 6.07) is 0.144. The monoisotopic (exact) mass is 228 g/mol. The van der Waals surface area contributed by atoms with Crippen molar-refractivity contribution < 1.29 is 9.53 Å². The zero-order valence-corrected chi connectivity index (χ0v) is 10.8. The Morgan fingerprint density at radius 2 is 2.12 bits per heavy atom. The first kappa shape index (κ1) is 13.3. The maximum absolute atomic E-state index is 11.8. The van der Waals surface area contributed by atoms with Crippen molar-refractivity contribution in [2.75, 3.05) is 13.1 Å². The lowest BCUT2D eigenvalue weighted by Crippen LogP contribution is -2.46. The molecule has 1 rings (SSSR count). The van der Waals surface area contributed by atoms with Gasteiger partial charge in [-0.25, -0.2) is 4.79 Å². The fourth-order valence-electron chi connectivity index (χ4n) is 1.93. The van der Waals surface area contributed by atoms with Gasteiger partial charge in [0.15, 0.2) is 0 Å². The molecule has 0 radical (unpaired) electrons. The summed E-state index contributed by atoms with van der Waals surface area (Å²) in [5, 5.41) is 0. The summed E-state index contributed by atoms with van der Waals surface area (Å²) in [6.45, 7) is 9.18. The highest BCUT2D eigenvalue weighted by Crippen LogP contribution is 2.20. The zero-order valence-electron chi connectivity index (χ0n) is 10.8. The van der Waals surface area contributed by atoms with Crippen LogP contribution in [0.25, 0.3) is 0 Å². The summed E-state index contributed by atoms with van der Waals surface area (Å²) in [4.78, 5) is 13.6. The van der Waals surface area contributed by atoms with Crippen molar-refractivity contribution in [3.8, 4) is 0 Å². The van der Waals surface area contributed by atoms with E-state index >= 15 is 0 Å². The number of rotatable bonds is 1. The molecular formula is C12H24N2O2. The van der Waals surface area contributed by atoms with Crippen molar-refractivity contribution in [2.45, 2.75) is 52.2 Å². The number of nitrogens with two attached hydrogens (primary N) is 1. The second kappa shape index (κ2) is 5.04. The van der Waals surface area contributed by atoms with Crippen molar-refractivity contribution >= 4 is 6.09 Å². The van der Waals surface area contributed by atoms with E-state index in [0.717, 1.165) is 25.9 Å². The molecule has 0 aliphatic carbocycles. The van der Waals surface area contributed by atoms with E-state index in [1.807, 2.05) is 27.7 Å². The van der Waals surface area contributed by atoms with Crippen LogP contribution in [-0.2, 0) is 4.74 Å². The highest BCUT2D eigenvalue weighted by Gasteiger charge is 2.28. The smallest absolute Gasteiger partial charge is 0.410 e. The molecule has 1 fully saturated rings. The minimum absolute atomic E-state index is 0.144. The molecule has 0 aromatic carbocycles. The quantitative estimate of drug-likeness (QED) is 0.746. The van der Waals surface area contributed by atoms with Gasteiger partial charge < -0.3 is 15.4 Å². The number of ether oxygens (including phenoxy) is 1. The Kier molecular flexibility index (Phi) is 4.19. The van der Waals surface area contributed by atoms with Crippen LogP contribution in [0.4, 0.5) is 4.79 Å². The van der Waals surface area contributed by atoms with Crippen molar-refractivity contribution in [3.63, 3.8) is 0 Å². The maximum atomic E-state index is 11.8. The molecule has 16 heavy (non-hydrogen) atoms. The molecule has 0 unspecified atom stereocenters. The fourth-order valence-corrected chi connectivity index (χ4v) is 1.93. The summed E-state index contributed by atoms with van der Waals surface area (Å²) in [7, 11) is 0. The molecule has 1 saturated heterocycles. The van der Waals surface area contributed by atoms with Gasteiger partial charge in [-0.1, -0.05) is 0 Å². The number of carbonyl (C=O) groups excluding carboxylic acids is 1. The van der Waals surface area contributed by atoms with E-state index in [1.54, 1.807) is 4.90 Å². The van der Waals surface area contributed by atoms with E-state index in [-0.39, 0.29) is 12.1 Å². The first-order valence-electron chi connectivity index (χ1n) is 6.03. The third-order valence-electron chi connectivity index (χ3n) is 2.85. The molecule has 2 N–H and O–H groups in total. The molecule has 0 aromatic rings. The third kappa shape index (κ3) is 4.00. The van der Waals surface area contributed by atoms with Crippen LogP contribution in [-0.4, -0.2) is 35.7 Å². The van der Waals surface area contributed by atoms with Crippen LogP contribution >= 0.6 is 0 Å². The number of piperidine rings is 1. The molecule has 0 spiro atoms. The molecule has 1 aliphatic heterocycles. The van der Waals surface area contributed by atoms with E-state index in [1.165, 1.54) is 0 Å². The lowest BCUT2D eigenvalue weighted by Gasteiger charge is -2.35. The molecule has 4 nitrogen and oxygen atoms in total. The van der Waals surface area contributed by atoms with Gasteiger partial charge >= 0.3 is 6.09 Å². The van der Waals surface area contributed by atoms with Gasteiger partial charge in [-0.2, -0.15) is 0 Å². The molecule has 2 atom stereocenters. The lowest BCUT2D eigenvalue weighted by molar-refractivity contribution is 0.0156. The summed E-state index contributed by atoms with van der Waals surface area (Å²) < 4.78 is 5.35. The standard InChI is InChI=1S/C12H24N2O2/c1-9(13)10-6-5-7-14(8-10)11(15)16-12(2,3)4/h9-10H,5-8,13H2,1-4H3/t9-,10+/m1/s1. The fraction of sp³-hybridized carbons (Fsp3) is 0.917. The predicted octanol–water partition coefficient (Wildman–Crippen LogP) is 1.98. The van der Waals surface area contributed by atoms with Crippen LogP contribution in [0.5, 0.6) is 0 Å². The largest absolute Gasteiger partial charge is 0.444 e. The average Bonchev–Trinajstić information content (AvgIpc) is 2.15. The highest BCUT2D eigenvalue weighted by atomic mass is 16.6. The van der Waals surface area contributed by atoms with Crippen LogP contribution in [0.2, 0.25) is 0 Å². The van der Waals surface area contributed by atoms with Crippen LogP contribution in [0.15, 0.2) is 0 Å². The Morgan fingerprint density at radius 3 is 2.62 bits per heavy atom. The van der Waals surface area contributed by atoms with Gasteiger partial charge in [-0.3, -0.25) is 0 Å². The van der Waals surface area contributed by atoms with Crippen LogP contribution in [0, 0.1) is 5.92 Å². The van der Waals surface area contributed by atoms with E-state index in [9.17, 15) is 4.79 Å². The zero-order chi connectivity index (χ0) is 12.3. The van der Waals surface area contributed by atoms with Crippen molar-refractivity contribution in [2.24, 2.45) is 11.7 Å². The average molecular weight is 228 g/mol. The number of likely N-dealkylation sites (tertiary alicyclic amines) is 1. The Balaban J connectivity index is 2.50. The SMILES string of the molecule is C[C@@H](N)[C@H]1CCCN(C(=O)OC(C)(C)C)C1. The van der Waals surface area contributed by atoms with E-state index < -0.39 is 5.60 Å². The molecule has 1 amide bonds. The van der Waals surface area contributed by atoms with Crippen molar-refractivity contribution in [1.82, 2.24) is 4.90 Å². The topological polar surface area (TPSA) is 55.6 Å². The van der Waals surface area contributed by atoms with Crippen molar-refractivity contribution in [3.05, 3.63) is 0 Å². The predicted molar refractivity (Wildman–Crippen MR) is 64.2 cm³/mol. The second-order valence-electron chi connectivity index (χ2n) is 5.69. The first-order valence-corrected chi connectivity index (χ1v) is 6.03. The summed E-state index contributed by atoms with van der Waals surface area (Å²) in [6.07, 6.45) is 1.92. The molecule has 1 aliphatic rings. The molecule has 0 aromatic heterocycles. The summed E-state index contributed by atoms with van der Waals surface area (Å²) in [5.41, 5.74) is 5.46. The molecule has 4 heteroatoms. The van der Waals surface area contributed by atoms with E-state index in [2.05, 4.69) is 0 Å². The minimum Gasteiger partial charge on any atom is -0.444 e. The number of carbonyl (C=O) groups is 1. The Labute approximate surface area is 98.1 Å². The number of hydrogen-bond donors (Lipinski definition) is 1. The van der Waals surface area contributed by atoms with Gasteiger partial charge in [0.1, 0.15) is 5.60 Å². The van der Waals surface area contributed by atoms with Crippen LogP contribution in [0.1, 0.15) is 40.5 Å².